The van der Waals surface area contributed by atoms with E-state index >= 15 is 0 Å². The molecule has 0 radical (unpaired) electrons. The molecule has 0 bridgehead atoms. The second-order valence-corrected chi connectivity index (χ2v) is 3.78. The van der Waals surface area contributed by atoms with Gasteiger partial charge in [0, 0.05) is 12.6 Å². The second kappa shape index (κ2) is 4.14. The summed E-state index contributed by atoms with van der Waals surface area (Å²) in [7, 11) is 0. The molecule has 6 heteroatoms. The van der Waals surface area contributed by atoms with Gasteiger partial charge < -0.3 is 10.8 Å². The number of benzene rings is 1. The maximum atomic E-state index is 10.7. The predicted octanol–water partition coefficient (Wildman–Crippen LogP) is 1.41. The number of hydrogen-bond donors (Lipinski definition) is 2. The zero-order chi connectivity index (χ0) is 11.6. The Balaban J connectivity index is 3.44. The van der Waals surface area contributed by atoms with Crippen molar-refractivity contribution in [2.45, 2.75) is 12.5 Å². The summed E-state index contributed by atoms with van der Waals surface area (Å²) in [5, 5.41) is 20.8. The van der Waals surface area contributed by atoms with Gasteiger partial charge in [-0.3, -0.25) is 10.1 Å². The van der Waals surface area contributed by atoms with Gasteiger partial charge >= 0.3 is 0 Å². The van der Waals surface area contributed by atoms with Crippen LogP contribution in [0, 0.1) is 10.1 Å². The molecule has 0 aliphatic rings. The highest BCUT2D eigenvalue weighted by molar-refractivity contribution is 6.31. The average molecular weight is 231 g/mol. The summed E-state index contributed by atoms with van der Waals surface area (Å²) in [4.78, 5) is 10.1. The molecule has 0 aromatic heterocycles. The molecule has 0 amide bonds. The van der Waals surface area contributed by atoms with Crippen molar-refractivity contribution in [2.24, 2.45) is 5.73 Å². The maximum Gasteiger partial charge on any atom is 0.277 e. The van der Waals surface area contributed by atoms with Gasteiger partial charge in [-0.1, -0.05) is 17.7 Å². The number of nitro groups is 1. The molecule has 0 saturated heterocycles. The third-order valence-electron chi connectivity index (χ3n) is 2.12. The molecule has 0 saturated carbocycles. The highest BCUT2D eigenvalue weighted by atomic mass is 35.5. The number of nitrogens with two attached hydrogens (primary N) is 1. The van der Waals surface area contributed by atoms with E-state index in [-0.39, 0.29) is 22.8 Å². The van der Waals surface area contributed by atoms with Crippen LogP contribution in [0.2, 0.25) is 5.02 Å². The van der Waals surface area contributed by atoms with Gasteiger partial charge in [0.15, 0.2) is 0 Å². The Morgan fingerprint density at radius 2 is 2.27 bits per heavy atom. The van der Waals surface area contributed by atoms with Gasteiger partial charge in [0.05, 0.1) is 15.5 Å². The van der Waals surface area contributed by atoms with E-state index in [1.165, 1.54) is 25.1 Å². The van der Waals surface area contributed by atoms with Crippen LogP contribution < -0.4 is 5.73 Å². The standard InChI is InChI=1S/C9H11ClN2O3/c1-9(13,5-11)8-6(10)3-2-4-7(8)12(14)15/h2-4,13H,5,11H2,1H3. The second-order valence-electron chi connectivity index (χ2n) is 3.37. The Bertz CT molecular complexity index is 393. The molecule has 0 spiro atoms. The molecule has 15 heavy (non-hydrogen) atoms. The number of hydrogen-bond acceptors (Lipinski definition) is 4. The number of aliphatic hydroxyl groups is 1. The van der Waals surface area contributed by atoms with Crippen LogP contribution in [0.15, 0.2) is 18.2 Å². The van der Waals surface area contributed by atoms with Crippen molar-refractivity contribution in [2.75, 3.05) is 6.54 Å². The first-order chi connectivity index (χ1) is 6.90. The molecule has 1 aromatic carbocycles. The summed E-state index contributed by atoms with van der Waals surface area (Å²) >= 11 is 5.82. The van der Waals surface area contributed by atoms with Crippen molar-refractivity contribution in [3.8, 4) is 0 Å². The predicted molar refractivity (Wildman–Crippen MR) is 56.7 cm³/mol. The lowest BCUT2D eigenvalue weighted by molar-refractivity contribution is -0.386. The first-order valence-corrected chi connectivity index (χ1v) is 4.64. The van der Waals surface area contributed by atoms with Crippen LogP contribution in [0.1, 0.15) is 12.5 Å². The van der Waals surface area contributed by atoms with Crippen molar-refractivity contribution < 1.29 is 10.0 Å². The Hall–Kier alpha value is -1.17. The normalized spacial score (nSPS) is 14.7. The molecule has 0 heterocycles. The van der Waals surface area contributed by atoms with Gasteiger partial charge in [0.25, 0.3) is 5.69 Å². The molecule has 0 aliphatic carbocycles. The zero-order valence-electron chi connectivity index (χ0n) is 8.11. The molecule has 1 atom stereocenters. The Morgan fingerprint density at radius 1 is 1.67 bits per heavy atom. The molecule has 0 fully saturated rings. The van der Waals surface area contributed by atoms with Gasteiger partial charge in [-0.15, -0.1) is 0 Å². The smallest absolute Gasteiger partial charge is 0.277 e. The van der Waals surface area contributed by atoms with Crippen LogP contribution in [-0.2, 0) is 5.60 Å². The van der Waals surface area contributed by atoms with Crippen LogP contribution in [-0.4, -0.2) is 16.6 Å². The van der Waals surface area contributed by atoms with Crippen molar-refractivity contribution in [3.05, 3.63) is 38.9 Å². The zero-order valence-corrected chi connectivity index (χ0v) is 8.86. The number of halogens is 1. The van der Waals surface area contributed by atoms with Crippen LogP contribution in [0.4, 0.5) is 5.69 Å². The minimum atomic E-state index is -1.50. The van der Waals surface area contributed by atoms with Gasteiger partial charge in [0.2, 0.25) is 0 Å². The first-order valence-electron chi connectivity index (χ1n) is 4.26. The lowest BCUT2D eigenvalue weighted by atomic mass is 9.94. The van der Waals surface area contributed by atoms with E-state index < -0.39 is 10.5 Å². The summed E-state index contributed by atoms with van der Waals surface area (Å²) in [5.41, 5.74) is 3.68. The molecule has 82 valence electrons. The Labute approximate surface area is 91.6 Å². The average Bonchev–Trinajstić information content (AvgIpc) is 2.17. The van der Waals surface area contributed by atoms with Crippen molar-refractivity contribution >= 4 is 17.3 Å². The van der Waals surface area contributed by atoms with Crippen molar-refractivity contribution in [1.29, 1.82) is 0 Å². The van der Waals surface area contributed by atoms with Crippen molar-refractivity contribution in [3.63, 3.8) is 0 Å². The van der Waals surface area contributed by atoms with E-state index in [9.17, 15) is 15.2 Å². The molecular formula is C9H11ClN2O3. The summed E-state index contributed by atoms with van der Waals surface area (Å²) in [6.45, 7) is 1.25. The summed E-state index contributed by atoms with van der Waals surface area (Å²) in [6, 6.07) is 4.22. The monoisotopic (exact) mass is 230 g/mol. The van der Waals surface area contributed by atoms with Gasteiger partial charge in [-0.2, -0.15) is 0 Å². The number of nitro benzene ring substituents is 1. The lowest BCUT2D eigenvalue weighted by Crippen LogP contribution is -2.32. The summed E-state index contributed by atoms with van der Waals surface area (Å²) in [6.07, 6.45) is 0. The van der Waals surface area contributed by atoms with E-state index in [1.807, 2.05) is 0 Å². The molecule has 3 N–H and O–H groups in total. The Morgan fingerprint density at radius 3 is 2.73 bits per heavy atom. The fourth-order valence-corrected chi connectivity index (χ4v) is 1.67. The van der Waals surface area contributed by atoms with Crippen LogP contribution in [0.3, 0.4) is 0 Å². The lowest BCUT2D eigenvalue weighted by Gasteiger charge is -2.22. The molecule has 5 nitrogen and oxygen atoms in total. The highest BCUT2D eigenvalue weighted by Gasteiger charge is 2.32. The Kier molecular flexibility index (Phi) is 3.28. The van der Waals surface area contributed by atoms with Crippen molar-refractivity contribution in [1.82, 2.24) is 0 Å². The van der Waals surface area contributed by atoms with Gasteiger partial charge in [-0.25, -0.2) is 0 Å². The third kappa shape index (κ3) is 2.26. The summed E-state index contributed by atoms with van der Waals surface area (Å²) in [5.74, 6) is 0. The van der Waals surface area contributed by atoms with Crippen LogP contribution in [0.25, 0.3) is 0 Å². The third-order valence-corrected chi connectivity index (χ3v) is 2.44. The van der Waals surface area contributed by atoms with E-state index in [0.717, 1.165) is 0 Å². The highest BCUT2D eigenvalue weighted by Crippen LogP contribution is 2.34. The molecule has 1 aromatic rings. The number of rotatable bonds is 3. The first kappa shape index (κ1) is 11.9. The van der Waals surface area contributed by atoms with E-state index in [2.05, 4.69) is 0 Å². The maximum absolute atomic E-state index is 10.7. The van der Waals surface area contributed by atoms with Gasteiger partial charge in [0.1, 0.15) is 5.60 Å². The van der Waals surface area contributed by atoms with E-state index in [0.29, 0.717) is 0 Å². The fraction of sp³-hybridized carbons (Fsp3) is 0.333. The minimum absolute atomic E-state index is 0.0548. The molecule has 1 rings (SSSR count). The summed E-state index contributed by atoms with van der Waals surface area (Å²) < 4.78 is 0. The van der Waals surface area contributed by atoms with Crippen LogP contribution in [0.5, 0.6) is 0 Å². The topological polar surface area (TPSA) is 89.4 Å². The van der Waals surface area contributed by atoms with E-state index in [4.69, 9.17) is 17.3 Å². The quantitative estimate of drug-likeness (QED) is 0.607. The number of nitrogens with zero attached hydrogens (tertiary/aromatic N) is 1. The molecular weight excluding hydrogens is 220 g/mol. The largest absolute Gasteiger partial charge is 0.384 e. The minimum Gasteiger partial charge on any atom is -0.384 e. The van der Waals surface area contributed by atoms with Gasteiger partial charge in [-0.05, 0) is 13.0 Å². The van der Waals surface area contributed by atoms with E-state index in [1.54, 1.807) is 0 Å². The van der Waals surface area contributed by atoms with Crippen LogP contribution >= 0.6 is 11.6 Å². The molecule has 1 unspecified atom stereocenters. The fourth-order valence-electron chi connectivity index (χ4n) is 1.30. The molecule has 0 aliphatic heterocycles. The SMILES string of the molecule is CC(O)(CN)c1c(Cl)cccc1[N+](=O)[O-].